The average molecular weight is 398 g/mol. The topological polar surface area (TPSA) is 90.5 Å². The van der Waals surface area contributed by atoms with Crippen molar-refractivity contribution < 1.29 is 21.9 Å². The molecular formula is C17H20F2N4O3S. The van der Waals surface area contributed by atoms with E-state index in [1.165, 1.54) is 10.3 Å². The molecule has 27 heavy (non-hydrogen) atoms. The SMILES string of the molecule is CS(=O)(=O)n1cnc2c1CN([C@H]1CO[C@H](c3cc(F)ccc3F)[C@@H](N)C1)C2. The minimum Gasteiger partial charge on any atom is -0.370 e. The Kier molecular flexibility index (Phi) is 4.53. The Morgan fingerprint density at radius 1 is 1.30 bits per heavy atom. The average Bonchev–Trinajstić information content (AvgIpc) is 3.16. The van der Waals surface area contributed by atoms with Gasteiger partial charge in [0.05, 0.1) is 24.3 Å². The van der Waals surface area contributed by atoms with Crippen molar-refractivity contribution in [3.63, 3.8) is 0 Å². The molecule has 0 radical (unpaired) electrons. The van der Waals surface area contributed by atoms with Gasteiger partial charge in [0.1, 0.15) is 24.1 Å². The molecule has 7 nitrogen and oxygen atoms in total. The molecule has 2 aliphatic rings. The van der Waals surface area contributed by atoms with E-state index in [-0.39, 0.29) is 18.2 Å². The van der Waals surface area contributed by atoms with Gasteiger partial charge in [-0.2, -0.15) is 0 Å². The summed E-state index contributed by atoms with van der Waals surface area (Å²) in [6, 6.07) is 2.67. The summed E-state index contributed by atoms with van der Waals surface area (Å²) in [6.07, 6.45) is 2.26. The van der Waals surface area contributed by atoms with Crippen molar-refractivity contribution in [2.24, 2.45) is 5.73 Å². The van der Waals surface area contributed by atoms with Gasteiger partial charge in [-0.3, -0.25) is 4.90 Å². The molecule has 3 heterocycles. The summed E-state index contributed by atoms with van der Waals surface area (Å²) in [5.74, 6) is -1.08. The third-order valence-electron chi connectivity index (χ3n) is 5.16. The monoisotopic (exact) mass is 398 g/mol. The lowest BCUT2D eigenvalue weighted by Gasteiger charge is -2.38. The van der Waals surface area contributed by atoms with E-state index in [9.17, 15) is 17.2 Å². The molecule has 1 aromatic carbocycles. The molecule has 2 N–H and O–H groups in total. The Hall–Kier alpha value is -1.88. The molecule has 0 saturated carbocycles. The third kappa shape index (κ3) is 3.38. The highest BCUT2D eigenvalue weighted by atomic mass is 32.2. The number of benzene rings is 1. The number of hydrogen-bond acceptors (Lipinski definition) is 6. The number of hydrogen-bond donors (Lipinski definition) is 1. The minimum atomic E-state index is -3.41. The number of rotatable bonds is 3. The molecule has 2 aliphatic heterocycles. The fraction of sp³-hybridized carbons (Fsp3) is 0.471. The summed E-state index contributed by atoms with van der Waals surface area (Å²) in [7, 11) is -3.41. The van der Waals surface area contributed by atoms with Gasteiger partial charge in [-0.1, -0.05) is 0 Å². The number of nitrogens with two attached hydrogens (primary N) is 1. The number of nitrogens with zero attached hydrogens (tertiary/aromatic N) is 3. The molecule has 0 spiro atoms. The van der Waals surface area contributed by atoms with Crippen LogP contribution in [0.15, 0.2) is 24.5 Å². The van der Waals surface area contributed by atoms with E-state index in [0.717, 1.165) is 24.5 Å². The van der Waals surface area contributed by atoms with Crippen molar-refractivity contribution in [1.29, 1.82) is 0 Å². The lowest BCUT2D eigenvalue weighted by atomic mass is 9.93. The Bertz CT molecular complexity index is 979. The Morgan fingerprint density at radius 3 is 2.78 bits per heavy atom. The second-order valence-corrected chi connectivity index (χ2v) is 8.93. The van der Waals surface area contributed by atoms with Gasteiger partial charge in [0.2, 0.25) is 10.0 Å². The molecule has 1 saturated heterocycles. The molecule has 1 fully saturated rings. The minimum absolute atomic E-state index is 0.0601. The molecule has 0 aliphatic carbocycles. The lowest BCUT2D eigenvalue weighted by molar-refractivity contribution is -0.0534. The van der Waals surface area contributed by atoms with Crippen molar-refractivity contribution in [3.05, 3.63) is 53.1 Å². The van der Waals surface area contributed by atoms with Crippen LogP contribution in [0.5, 0.6) is 0 Å². The first-order valence-corrected chi connectivity index (χ1v) is 10.4. The van der Waals surface area contributed by atoms with E-state index in [2.05, 4.69) is 9.88 Å². The second kappa shape index (κ2) is 6.62. The zero-order valence-corrected chi connectivity index (χ0v) is 15.5. The number of fused-ring (bicyclic) bond motifs is 1. The van der Waals surface area contributed by atoms with Crippen LogP contribution in [-0.4, -0.2) is 47.2 Å². The highest BCUT2D eigenvalue weighted by Crippen LogP contribution is 2.34. The molecule has 1 aromatic heterocycles. The van der Waals surface area contributed by atoms with Crippen LogP contribution in [0.4, 0.5) is 8.78 Å². The maximum absolute atomic E-state index is 14.0. The molecule has 4 rings (SSSR count). The second-order valence-electron chi connectivity index (χ2n) is 7.07. The molecular weight excluding hydrogens is 378 g/mol. The summed E-state index contributed by atoms with van der Waals surface area (Å²) < 4.78 is 58.2. The maximum Gasteiger partial charge on any atom is 0.237 e. The lowest BCUT2D eigenvalue weighted by Crippen LogP contribution is -2.47. The van der Waals surface area contributed by atoms with E-state index < -0.39 is 33.8 Å². The van der Waals surface area contributed by atoms with Crippen LogP contribution in [0.25, 0.3) is 0 Å². The Morgan fingerprint density at radius 2 is 2.07 bits per heavy atom. The predicted octanol–water partition coefficient (Wildman–Crippen LogP) is 1.14. The quantitative estimate of drug-likeness (QED) is 0.834. The number of imidazole rings is 1. The third-order valence-corrected chi connectivity index (χ3v) is 6.19. The molecule has 2 aromatic rings. The van der Waals surface area contributed by atoms with Crippen molar-refractivity contribution in [1.82, 2.24) is 13.9 Å². The molecule has 146 valence electrons. The first-order valence-electron chi connectivity index (χ1n) is 8.56. The van der Waals surface area contributed by atoms with Crippen molar-refractivity contribution >= 4 is 10.0 Å². The number of ether oxygens (including phenoxy) is 1. The first-order chi connectivity index (χ1) is 12.7. The number of aromatic nitrogens is 2. The van der Waals surface area contributed by atoms with E-state index >= 15 is 0 Å². The predicted molar refractivity (Wildman–Crippen MR) is 93.1 cm³/mol. The molecule has 0 amide bonds. The Labute approximate surface area is 155 Å². The summed E-state index contributed by atoms with van der Waals surface area (Å²) in [5, 5.41) is 0. The van der Waals surface area contributed by atoms with Crippen molar-refractivity contribution in [3.8, 4) is 0 Å². The largest absolute Gasteiger partial charge is 0.370 e. The normalized spacial score (nSPS) is 26.3. The van der Waals surface area contributed by atoms with Crippen LogP contribution in [0.2, 0.25) is 0 Å². The van der Waals surface area contributed by atoms with Crippen LogP contribution in [0.1, 0.15) is 29.5 Å². The van der Waals surface area contributed by atoms with Crippen LogP contribution < -0.4 is 5.73 Å². The summed E-state index contributed by atoms with van der Waals surface area (Å²) in [4.78, 5) is 6.24. The standard InChI is InChI=1S/C17H20F2N4O3S/c1-27(24,25)23-9-21-15-6-22(7-16(15)23)11-5-14(20)17(26-8-11)12-4-10(18)2-3-13(12)19/h2-4,9,11,14,17H,5-8,20H2,1H3/t11-,14+,17-/m1/s1. The first kappa shape index (κ1) is 18.5. The molecule has 3 atom stereocenters. The van der Waals surface area contributed by atoms with Crippen molar-refractivity contribution in [2.45, 2.75) is 37.7 Å². The smallest absolute Gasteiger partial charge is 0.237 e. The summed E-state index contributed by atoms with van der Waals surface area (Å²) >= 11 is 0. The van der Waals surface area contributed by atoms with Crippen LogP contribution >= 0.6 is 0 Å². The van der Waals surface area contributed by atoms with Gasteiger partial charge < -0.3 is 10.5 Å². The van der Waals surface area contributed by atoms with Gasteiger partial charge in [0.25, 0.3) is 0 Å². The zero-order chi connectivity index (χ0) is 19.3. The summed E-state index contributed by atoms with van der Waals surface area (Å²) in [6.45, 7) is 1.21. The fourth-order valence-electron chi connectivity index (χ4n) is 3.82. The maximum atomic E-state index is 14.0. The Balaban J connectivity index is 1.48. The van der Waals surface area contributed by atoms with Crippen LogP contribution in [-0.2, 0) is 27.8 Å². The van der Waals surface area contributed by atoms with E-state index in [1.54, 1.807) is 0 Å². The van der Waals surface area contributed by atoms with Crippen LogP contribution in [0, 0.1) is 11.6 Å². The highest BCUT2D eigenvalue weighted by molar-refractivity contribution is 7.89. The fourth-order valence-corrected chi connectivity index (χ4v) is 4.60. The van der Waals surface area contributed by atoms with Crippen LogP contribution in [0.3, 0.4) is 0 Å². The van der Waals surface area contributed by atoms with E-state index in [4.69, 9.17) is 10.5 Å². The highest BCUT2D eigenvalue weighted by Gasteiger charge is 2.38. The van der Waals surface area contributed by atoms with E-state index in [0.29, 0.717) is 30.9 Å². The summed E-state index contributed by atoms with van der Waals surface area (Å²) in [5.41, 5.74) is 7.69. The molecule has 0 unspecified atom stereocenters. The zero-order valence-electron chi connectivity index (χ0n) is 14.7. The molecule has 10 heteroatoms. The van der Waals surface area contributed by atoms with Crippen molar-refractivity contribution in [2.75, 3.05) is 12.9 Å². The van der Waals surface area contributed by atoms with Gasteiger partial charge in [0.15, 0.2) is 0 Å². The van der Waals surface area contributed by atoms with Gasteiger partial charge in [0, 0.05) is 30.7 Å². The molecule has 0 bridgehead atoms. The van der Waals surface area contributed by atoms with Gasteiger partial charge in [-0.15, -0.1) is 0 Å². The van der Waals surface area contributed by atoms with Gasteiger partial charge in [-0.05, 0) is 24.6 Å². The number of halogens is 2. The van der Waals surface area contributed by atoms with Gasteiger partial charge in [-0.25, -0.2) is 26.2 Å². The van der Waals surface area contributed by atoms with Gasteiger partial charge >= 0.3 is 0 Å². The van der Waals surface area contributed by atoms with E-state index in [1.807, 2.05) is 0 Å².